The van der Waals surface area contributed by atoms with Crippen molar-refractivity contribution in [2.45, 2.75) is 39.2 Å². The lowest BCUT2D eigenvalue weighted by atomic mass is 9.94. The summed E-state index contributed by atoms with van der Waals surface area (Å²) in [6, 6.07) is 2.00. The smallest absolute Gasteiger partial charge is 0.107 e. The van der Waals surface area contributed by atoms with Gasteiger partial charge in [0, 0.05) is 24.5 Å². The number of hydrogen-bond donors (Lipinski definition) is 2. The fourth-order valence-electron chi connectivity index (χ4n) is 2.79. The van der Waals surface area contributed by atoms with Gasteiger partial charge in [-0.05, 0) is 39.7 Å². The van der Waals surface area contributed by atoms with Crippen LogP contribution in [0.15, 0.2) is 6.07 Å². The van der Waals surface area contributed by atoms with Crippen LogP contribution in [0.1, 0.15) is 36.7 Å². The zero-order valence-corrected chi connectivity index (χ0v) is 12.5. The molecule has 1 saturated heterocycles. The van der Waals surface area contributed by atoms with Crippen LogP contribution in [0.25, 0.3) is 0 Å². The Kier molecular flexibility index (Phi) is 3.78. The molecule has 1 fully saturated rings. The number of rotatable bonds is 2. The van der Waals surface area contributed by atoms with Gasteiger partial charge < -0.3 is 15.7 Å². The summed E-state index contributed by atoms with van der Waals surface area (Å²) in [5.41, 5.74) is 8.81. The molecular weight excluding hydrogens is 258 g/mol. The summed E-state index contributed by atoms with van der Waals surface area (Å²) in [5, 5.41) is 10.3. The molecule has 1 aliphatic rings. The topological polar surface area (TPSA) is 62.4 Å². The molecule has 2 rings (SSSR count). The van der Waals surface area contributed by atoms with Gasteiger partial charge in [0.2, 0.25) is 0 Å². The van der Waals surface area contributed by atoms with Crippen molar-refractivity contribution >= 4 is 22.9 Å². The maximum Gasteiger partial charge on any atom is 0.107 e. The summed E-state index contributed by atoms with van der Waals surface area (Å²) < 4.78 is 0. The van der Waals surface area contributed by atoms with Gasteiger partial charge in [0.25, 0.3) is 0 Å². The molecule has 2 heterocycles. The Labute approximate surface area is 119 Å². The van der Waals surface area contributed by atoms with Crippen molar-refractivity contribution < 1.29 is 5.11 Å². The van der Waals surface area contributed by atoms with E-state index in [4.69, 9.17) is 18.0 Å². The van der Waals surface area contributed by atoms with Crippen LogP contribution in [0, 0.1) is 13.8 Å². The number of aryl methyl sites for hydroxylation is 2. The van der Waals surface area contributed by atoms with Crippen LogP contribution in [0.4, 0.5) is 5.69 Å². The SMILES string of the molecule is Cc1cc(N2CCCC(C)(O)C2)c(C(N)=S)c(C)n1. The zero-order valence-electron chi connectivity index (χ0n) is 11.7. The lowest BCUT2D eigenvalue weighted by Gasteiger charge is -2.39. The van der Waals surface area contributed by atoms with E-state index in [-0.39, 0.29) is 0 Å². The first-order valence-corrected chi connectivity index (χ1v) is 6.96. The van der Waals surface area contributed by atoms with Crippen molar-refractivity contribution in [1.82, 2.24) is 4.98 Å². The average molecular weight is 279 g/mol. The summed E-state index contributed by atoms with van der Waals surface area (Å²) in [4.78, 5) is 6.96. The molecule has 1 aliphatic heterocycles. The summed E-state index contributed by atoms with van der Waals surface area (Å²) in [6.45, 7) is 7.27. The highest BCUT2D eigenvalue weighted by atomic mass is 32.1. The van der Waals surface area contributed by atoms with E-state index in [9.17, 15) is 5.11 Å². The first kappa shape index (κ1) is 14.2. The van der Waals surface area contributed by atoms with Crippen molar-refractivity contribution in [3.63, 3.8) is 0 Å². The maximum atomic E-state index is 10.3. The number of piperidine rings is 1. The summed E-state index contributed by atoms with van der Waals surface area (Å²) >= 11 is 5.16. The molecule has 104 valence electrons. The number of thiocarbonyl (C=S) groups is 1. The van der Waals surface area contributed by atoms with E-state index < -0.39 is 5.60 Å². The first-order valence-electron chi connectivity index (χ1n) is 6.55. The molecule has 0 saturated carbocycles. The largest absolute Gasteiger partial charge is 0.389 e. The van der Waals surface area contributed by atoms with Gasteiger partial charge in [-0.3, -0.25) is 4.98 Å². The Bertz CT molecular complexity index is 514. The van der Waals surface area contributed by atoms with Crippen LogP contribution in [0.5, 0.6) is 0 Å². The third kappa shape index (κ3) is 3.04. The number of anilines is 1. The molecule has 0 amide bonds. The molecule has 4 nitrogen and oxygen atoms in total. The number of aromatic nitrogens is 1. The molecule has 5 heteroatoms. The standard InChI is InChI=1S/C14H21N3OS/c1-9-7-11(12(13(15)19)10(2)16-9)17-6-4-5-14(3,18)8-17/h7,18H,4-6,8H2,1-3H3,(H2,15,19). The zero-order chi connectivity index (χ0) is 14.2. The Morgan fingerprint density at radius 3 is 2.79 bits per heavy atom. The highest BCUT2D eigenvalue weighted by Gasteiger charge is 2.30. The number of nitrogens with two attached hydrogens (primary N) is 1. The van der Waals surface area contributed by atoms with Crippen LogP contribution in [0.2, 0.25) is 0 Å². The van der Waals surface area contributed by atoms with Crippen molar-refractivity contribution in [2.75, 3.05) is 18.0 Å². The highest BCUT2D eigenvalue weighted by Crippen LogP contribution is 2.30. The fourth-order valence-corrected chi connectivity index (χ4v) is 3.04. The third-order valence-electron chi connectivity index (χ3n) is 3.57. The molecule has 3 N–H and O–H groups in total. The molecule has 1 unspecified atom stereocenters. The van der Waals surface area contributed by atoms with E-state index >= 15 is 0 Å². The maximum absolute atomic E-state index is 10.3. The number of nitrogens with zero attached hydrogens (tertiary/aromatic N) is 2. The normalized spacial score (nSPS) is 23.5. The Balaban J connectivity index is 2.46. The average Bonchev–Trinajstić information content (AvgIpc) is 2.25. The molecule has 0 aliphatic carbocycles. The molecule has 19 heavy (non-hydrogen) atoms. The van der Waals surface area contributed by atoms with Gasteiger partial charge >= 0.3 is 0 Å². The lowest BCUT2D eigenvalue weighted by molar-refractivity contribution is 0.0449. The van der Waals surface area contributed by atoms with Crippen molar-refractivity contribution in [3.05, 3.63) is 23.0 Å². The summed E-state index contributed by atoms with van der Waals surface area (Å²) in [7, 11) is 0. The van der Waals surface area contributed by atoms with Crippen molar-refractivity contribution in [1.29, 1.82) is 0 Å². The fraction of sp³-hybridized carbons (Fsp3) is 0.571. The second kappa shape index (κ2) is 5.06. The summed E-state index contributed by atoms with van der Waals surface area (Å²) in [6.07, 6.45) is 1.79. The van der Waals surface area contributed by atoms with E-state index in [2.05, 4.69) is 9.88 Å². The number of hydrogen-bond acceptors (Lipinski definition) is 4. The minimum Gasteiger partial charge on any atom is -0.389 e. The molecule has 0 bridgehead atoms. The van der Waals surface area contributed by atoms with Crippen molar-refractivity contribution in [2.24, 2.45) is 5.73 Å². The molecule has 0 spiro atoms. The van der Waals surface area contributed by atoms with Crippen LogP contribution < -0.4 is 10.6 Å². The van der Waals surface area contributed by atoms with Gasteiger partial charge in [0.15, 0.2) is 0 Å². The van der Waals surface area contributed by atoms with Gasteiger partial charge in [0.1, 0.15) is 4.99 Å². The van der Waals surface area contributed by atoms with Gasteiger partial charge in [-0.1, -0.05) is 12.2 Å². The number of aliphatic hydroxyl groups is 1. The predicted octanol–water partition coefficient (Wildman–Crippen LogP) is 1.68. The molecule has 1 atom stereocenters. The van der Waals surface area contributed by atoms with Gasteiger partial charge in [-0.2, -0.15) is 0 Å². The Morgan fingerprint density at radius 1 is 1.53 bits per heavy atom. The van der Waals surface area contributed by atoms with Gasteiger partial charge in [-0.15, -0.1) is 0 Å². The Hall–Kier alpha value is -1.20. The van der Waals surface area contributed by atoms with Crippen LogP contribution >= 0.6 is 12.2 Å². The number of pyridine rings is 1. The highest BCUT2D eigenvalue weighted by molar-refractivity contribution is 7.80. The molecule has 0 radical (unpaired) electrons. The van der Waals surface area contributed by atoms with E-state index in [0.29, 0.717) is 11.5 Å². The minimum atomic E-state index is -0.656. The first-order chi connectivity index (χ1) is 8.80. The van der Waals surface area contributed by atoms with Gasteiger partial charge in [-0.25, -0.2) is 0 Å². The van der Waals surface area contributed by atoms with E-state index in [1.807, 2.05) is 26.8 Å². The van der Waals surface area contributed by atoms with Crippen LogP contribution in [-0.2, 0) is 0 Å². The van der Waals surface area contributed by atoms with E-state index in [0.717, 1.165) is 42.0 Å². The third-order valence-corrected chi connectivity index (χ3v) is 3.77. The second-order valence-corrected chi connectivity index (χ2v) is 6.07. The van der Waals surface area contributed by atoms with Gasteiger partial charge in [0.05, 0.1) is 16.9 Å². The van der Waals surface area contributed by atoms with Crippen LogP contribution in [0.3, 0.4) is 0 Å². The van der Waals surface area contributed by atoms with E-state index in [1.165, 1.54) is 0 Å². The monoisotopic (exact) mass is 279 g/mol. The molecule has 1 aromatic rings. The number of β-amino-alcohol motifs (C(OH)–C–C–N with tert-alkyl or cyclic N) is 1. The quantitative estimate of drug-likeness (QED) is 0.807. The van der Waals surface area contributed by atoms with Crippen LogP contribution in [-0.4, -0.2) is 33.8 Å². The molecule has 1 aromatic heterocycles. The Morgan fingerprint density at radius 2 is 2.21 bits per heavy atom. The minimum absolute atomic E-state index is 0.366. The second-order valence-electron chi connectivity index (χ2n) is 5.63. The van der Waals surface area contributed by atoms with E-state index in [1.54, 1.807) is 0 Å². The molecular formula is C14H21N3OS. The molecule has 0 aromatic carbocycles. The summed E-state index contributed by atoms with van der Waals surface area (Å²) in [5.74, 6) is 0. The lowest BCUT2D eigenvalue weighted by Crippen LogP contribution is -2.46. The predicted molar refractivity (Wildman–Crippen MR) is 81.7 cm³/mol. The van der Waals surface area contributed by atoms with Crippen molar-refractivity contribution in [3.8, 4) is 0 Å².